The van der Waals surface area contributed by atoms with E-state index in [9.17, 15) is 16.8 Å². The van der Waals surface area contributed by atoms with E-state index in [4.69, 9.17) is 4.98 Å². The van der Waals surface area contributed by atoms with Crippen LogP contribution in [-0.2, 0) is 31.6 Å². The van der Waals surface area contributed by atoms with Crippen molar-refractivity contribution < 1.29 is 16.8 Å². The standard InChI is InChI=1S/C23H30N2O4S3/c1-23(2,3)22-24-18-14-17(32(28,29)21-13-12-20(30-21)31(4,26)27)10-11-19(18)25(22)15-16-8-6-5-7-9-16/h10-14,16H,5-9,15H2,1-4H3. The van der Waals surface area contributed by atoms with Crippen LogP contribution in [0.15, 0.2) is 43.6 Å². The van der Waals surface area contributed by atoms with Crippen LogP contribution in [0.2, 0.25) is 0 Å². The van der Waals surface area contributed by atoms with E-state index in [-0.39, 0.29) is 18.7 Å². The molecule has 0 saturated heterocycles. The molecule has 0 spiro atoms. The van der Waals surface area contributed by atoms with Crippen molar-refractivity contribution in [3.63, 3.8) is 0 Å². The fourth-order valence-corrected chi connectivity index (χ4v) is 8.23. The van der Waals surface area contributed by atoms with Gasteiger partial charge in [0, 0.05) is 18.2 Å². The van der Waals surface area contributed by atoms with Gasteiger partial charge in [-0.3, -0.25) is 0 Å². The molecule has 174 valence electrons. The molecule has 0 aliphatic heterocycles. The van der Waals surface area contributed by atoms with Crippen molar-refractivity contribution in [2.24, 2.45) is 5.92 Å². The quantitative estimate of drug-likeness (QED) is 0.486. The van der Waals surface area contributed by atoms with Crippen LogP contribution >= 0.6 is 11.3 Å². The molecule has 0 N–H and O–H groups in total. The highest BCUT2D eigenvalue weighted by Gasteiger charge is 2.27. The van der Waals surface area contributed by atoms with Crippen molar-refractivity contribution >= 4 is 42.0 Å². The lowest BCUT2D eigenvalue weighted by atomic mass is 9.88. The molecule has 6 nitrogen and oxygen atoms in total. The van der Waals surface area contributed by atoms with Crippen LogP contribution in [0.3, 0.4) is 0 Å². The molecule has 1 aliphatic carbocycles. The number of benzene rings is 1. The second-order valence-corrected chi connectivity index (χ2v) is 15.3. The molecule has 2 aromatic heterocycles. The SMILES string of the molecule is CC(C)(C)c1nc2cc(S(=O)(=O)c3ccc(S(C)(=O)=O)s3)ccc2n1CC1CCCCC1. The summed E-state index contributed by atoms with van der Waals surface area (Å²) in [5.74, 6) is 1.58. The van der Waals surface area contributed by atoms with Gasteiger partial charge in [-0.25, -0.2) is 21.8 Å². The zero-order valence-electron chi connectivity index (χ0n) is 19.0. The summed E-state index contributed by atoms with van der Waals surface area (Å²) >= 11 is 0.781. The normalized spacial score (nSPS) is 16.6. The van der Waals surface area contributed by atoms with Gasteiger partial charge in [-0.05, 0) is 49.1 Å². The van der Waals surface area contributed by atoms with Crippen LogP contribution in [0.25, 0.3) is 11.0 Å². The Labute approximate surface area is 194 Å². The van der Waals surface area contributed by atoms with Gasteiger partial charge in [0.05, 0.1) is 15.9 Å². The zero-order valence-corrected chi connectivity index (χ0v) is 21.4. The average Bonchev–Trinajstić information content (AvgIpc) is 3.34. The van der Waals surface area contributed by atoms with Crippen LogP contribution in [0.1, 0.15) is 58.7 Å². The monoisotopic (exact) mass is 494 g/mol. The highest BCUT2D eigenvalue weighted by Crippen LogP contribution is 2.34. The van der Waals surface area contributed by atoms with E-state index in [1.807, 2.05) is 6.07 Å². The first-order valence-corrected chi connectivity index (χ1v) is 15.1. The number of hydrogen-bond acceptors (Lipinski definition) is 6. The Kier molecular flexibility index (Phi) is 6.05. The van der Waals surface area contributed by atoms with Gasteiger partial charge in [-0.2, -0.15) is 0 Å². The summed E-state index contributed by atoms with van der Waals surface area (Å²) in [5.41, 5.74) is 1.43. The molecule has 0 amide bonds. The van der Waals surface area contributed by atoms with Crippen LogP contribution in [-0.4, -0.2) is 32.6 Å². The van der Waals surface area contributed by atoms with Gasteiger partial charge in [0.2, 0.25) is 9.84 Å². The first-order valence-electron chi connectivity index (χ1n) is 10.9. The Bertz CT molecular complexity index is 1350. The lowest BCUT2D eigenvalue weighted by Gasteiger charge is -2.26. The van der Waals surface area contributed by atoms with Crippen LogP contribution in [0.4, 0.5) is 0 Å². The van der Waals surface area contributed by atoms with Crippen molar-refractivity contribution in [3.8, 4) is 0 Å². The molecular formula is C23H30N2O4S3. The number of fused-ring (bicyclic) bond motifs is 1. The molecule has 4 rings (SSSR count). The molecule has 1 aliphatic rings. The van der Waals surface area contributed by atoms with E-state index >= 15 is 0 Å². The van der Waals surface area contributed by atoms with E-state index in [0.717, 1.165) is 35.5 Å². The maximum Gasteiger partial charge on any atom is 0.216 e. The topological polar surface area (TPSA) is 86.1 Å². The smallest absolute Gasteiger partial charge is 0.216 e. The molecule has 2 heterocycles. The van der Waals surface area contributed by atoms with E-state index in [0.29, 0.717) is 11.4 Å². The maximum atomic E-state index is 13.2. The molecular weight excluding hydrogens is 464 g/mol. The van der Waals surface area contributed by atoms with Gasteiger partial charge in [-0.15, -0.1) is 11.3 Å². The van der Waals surface area contributed by atoms with Gasteiger partial charge in [0.1, 0.15) is 14.2 Å². The van der Waals surface area contributed by atoms with E-state index in [1.165, 1.54) is 44.2 Å². The van der Waals surface area contributed by atoms with E-state index in [1.54, 1.807) is 12.1 Å². The fraction of sp³-hybridized carbons (Fsp3) is 0.522. The van der Waals surface area contributed by atoms with Crippen molar-refractivity contribution in [2.45, 2.75) is 78.1 Å². The Morgan fingerprint density at radius 3 is 2.25 bits per heavy atom. The highest BCUT2D eigenvalue weighted by molar-refractivity contribution is 7.95. The second-order valence-electron chi connectivity index (χ2n) is 9.80. The summed E-state index contributed by atoms with van der Waals surface area (Å²) in [7, 11) is -7.28. The summed E-state index contributed by atoms with van der Waals surface area (Å²) in [6.07, 6.45) is 7.35. The summed E-state index contributed by atoms with van der Waals surface area (Å²) in [6.45, 7) is 7.28. The largest absolute Gasteiger partial charge is 0.327 e. The Hall–Kier alpha value is -1.71. The molecule has 32 heavy (non-hydrogen) atoms. The van der Waals surface area contributed by atoms with E-state index < -0.39 is 19.7 Å². The Morgan fingerprint density at radius 1 is 1.00 bits per heavy atom. The molecule has 9 heteroatoms. The molecule has 1 saturated carbocycles. The molecule has 1 aromatic carbocycles. The third-order valence-corrected chi connectivity index (χ3v) is 11.2. The molecule has 0 unspecified atom stereocenters. The predicted octanol–water partition coefficient (Wildman–Crippen LogP) is 5.21. The minimum atomic E-state index is -3.83. The van der Waals surface area contributed by atoms with Crippen molar-refractivity contribution in [2.75, 3.05) is 6.26 Å². The maximum absolute atomic E-state index is 13.2. The van der Waals surface area contributed by atoms with Crippen molar-refractivity contribution in [3.05, 3.63) is 36.2 Å². The van der Waals surface area contributed by atoms with Crippen molar-refractivity contribution in [1.82, 2.24) is 9.55 Å². The predicted molar refractivity (Wildman–Crippen MR) is 128 cm³/mol. The molecule has 1 fully saturated rings. The van der Waals surface area contributed by atoms with Gasteiger partial charge in [0.15, 0.2) is 9.84 Å². The summed E-state index contributed by atoms with van der Waals surface area (Å²) < 4.78 is 52.3. The van der Waals surface area contributed by atoms with Crippen molar-refractivity contribution in [1.29, 1.82) is 0 Å². The number of sulfone groups is 2. The third kappa shape index (κ3) is 4.52. The van der Waals surface area contributed by atoms with Crippen LogP contribution in [0, 0.1) is 5.92 Å². The minimum absolute atomic E-state index is 0.0231. The first-order chi connectivity index (χ1) is 14.9. The fourth-order valence-electron chi connectivity index (χ4n) is 4.43. The average molecular weight is 495 g/mol. The third-order valence-electron chi connectivity index (χ3n) is 6.05. The lowest BCUT2D eigenvalue weighted by molar-refractivity contribution is 0.313. The van der Waals surface area contributed by atoms with Gasteiger partial charge in [-0.1, -0.05) is 40.0 Å². The number of imidazole rings is 1. The van der Waals surface area contributed by atoms with Gasteiger partial charge < -0.3 is 4.57 Å². The number of thiophene rings is 1. The Balaban J connectivity index is 1.78. The molecule has 3 aromatic rings. The zero-order chi connectivity index (χ0) is 23.3. The summed E-state index contributed by atoms with van der Waals surface area (Å²) in [4.78, 5) is 5.00. The number of hydrogen-bond donors (Lipinski definition) is 0. The number of aromatic nitrogens is 2. The first kappa shape index (κ1) is 23.4. The number of nitrogens with zero attached hydrogens (tertiary/aromatic N) is 2. The lowest BCUT2D eigenvalue weighted by Crippen LogP contribution is -2.22. The highest BCUT2D eigenvalue weighted by atomic mass is 32.3. The van der Waals surface area contributed by atoms with Crippen LogP contribution < -0.4 is 0 Å². The summed E-state index contributed by atoms with van der Waals surface area (Å²) in [6, 6.07) is 7.79. The number of rotatable bonds is 5. The second kappa shape index (κ2) is 8.25. The molecule has 0 radical (unpaired) electrons. The van der Waals surface area contributed by atoms with Crippen LogP contribution in [0.5, 0.6) is 0 Å². The minimum Gasteiger partial charge on any atom is -0.327 e. The molecule has 0 bridgehead atoms. The van der Waals surface area contributed by atoms with Gasteiger partial charge >= 0.3 is 0 Å². The Morgan fingerprint density at radius 2 is 1.66 bits per heavy atom. The molecule has 0 atom stereocenters. The van der Waals surface area contributed by atoms with E-state index in [2.05, 4.69) is 25.3 Å². The van der Waals surface area contributed by atoms with Gasteiger partial charge in [0.25, 0.3) is 0 Å². The summed E-state index contributed by atoms with van der Waals surface area (Å²) in [5, 5.41) is 0.